The van der Waals surface area contributed by atoms with Crippen LogP contribution in [0.1, 0.15) is 25.1 Å². The molecule has 0 saturated heterocycles. The SMILES string of the molecule is CCc1cc(-c2c(CC)[nH]n(C)c2=O)n(C)c1. The minimum Gasteiger partial charge on any atom is -0.350 e. The van der Waals surface area contributed by atoms with Gasteiger partial charge in [-0.1, -0.05) is 13.8 Å². The van der Waals surface area contributed by atoms with E-state index in [9.17, 15) is 4.79 Å². The van der Waals surface area contributed by atoms with Crippen LogP contribution in [0.4, 0.5) is 0 Å². The van der Waals surface area contributed by atoms with Crippen LogP contribution in [-0.2, 0) is 26.9 Å². The van der Waals surface area contributed by atoms with Gasteiger partial charge in [-0.15, -0.1) is 0 Å². The van der Waals surface area contributed by atoms with E-state index in [0.29, 0.717) is 0 Å². The highest BCUT2D eigenvalue weighted by atomic mass is 16.1. The summed E-state index contributed by atoms with van der Waals surface area (Å²) in [4.78, 5) is 12.1. The molecular weight excluding hydrogens is 214 g/mol. The first kappa shape index (κ1) is 11.8. The van der Waals surface area contributed by atoms with E-state index in [4.69, 9.17) is 0 Å². The number of aryl methyl sites for hydroxylation is 4. The van der Waals surface area contributed by atoms with Gasteiger partial charge in [0.05, 0.1) is 11.3 Å². The number of aromatic amines is 1. The highest BCUT2D eigenvalue weighted by Crippen LogP contribution is 2.22. The lowest BCUT2D eigenvalue weighted by Gasteiger charge is -2.01. The summed E-state index contributed by atoms with van der Waals surface area (Å²) in [5.41, 5.74) is 4.11. The van der Waals surface area contributed by atoms with Crippen LogP contribution in [0.3, 0.4) is 0 Å². The van der Waals surface area contributed by atoms with Crippen molar-refractivity contribution >= 4 is 0 Å². The van der Waals surface area contributed by atoms with E-state index >= 15 is 0 Å². The molecule has 1 N–H and O–H groups in total. The Morgan fingerprint density at radius 2 is 1.94 bits per heavy atom. The second-order valence-corrected chi connectivity index (χ2v) is 4.38. The van der Waals surface area contributed by atoms with Crippen LogP contribution in [-0.4, -0.2) is 14.3 Å². The molecule has 0 amide bonds. The van der Waals surface area contributed by atoms with E-state index in [-0.39, 0.29) is 5.56 Å². The van der Waals surface area contributed by atoms with Gasteiger partial charge in [0.2, 0.25) is 0 Å². The van der Waals surface area contributed by atoms with Gasteiger partial charge in [-0.3, -0.25) is 14.6 Å². The second-order valence-electron chi connectivity index (χ2n) is 4.38. The average molecular weight is 233 g/mol. The molecule has 92 valence electrons. The van der Waals surface area contributed by atoms with Crippen LogP contribution in [0.2, 0.25) is 0 Å². The van der Waals surface area contributed by atoms with Crippen LogP contribution in [0.5, 0.6) is 0 Å². The quantitative estimate of drug-likeness (QED) is 0.863. The second kappa shape index (κ2) is 4.28. The molecule has 0 aliphatic rings. The third kappa shape index (κ3) is 1.84. The molecule has 4 heteroatoms. The fraction of sp³-hybridized carbons (Fsp3) is 0.462. The Labute approximate surface area is 101 Å². The zero-order valence-electron chi connectivity index (χ0n) is 10.9. The smallest absolute Gasteiger partial charge is 0.275 e. The van der Waals surface area contributed by atoms with Gasteiger partial charge in [0.15, 0.2) is 0 Å². The lowest BCUT2D eigenvalue weighted by molar-refractivity contribution is 0.723. The Balaban J connectivity index is 2.67. The van der Waals surface area contributed by atoms with Gasteiger partial charge < -0.3 is 4.57 Å². The fourth-order valence-electron chi connectivity index (χ4n) is 2.20. The summed E-state index contributed by atoms with van der Waals surface area (Å²) in [5.74, 6) is 0. The first-order valence-corrected chi connectivity index (χ1v) is 6.01. The van der Waals surface area contributed by atoms with Crippen LogP contribution >= 0.6 is 0 Å². The summed E-state index contributed by atoms with van der Waals surface area (Å²) in [6.07, 6.45) is 3.90. The van der Waals surface area contributed by atoms with Crippen molar-refractivity contribution in [3.8, 4) is 11.3 Å². The third-order valence-electron chi connectivity index (χ3n) is 3.20. The van der Waals surface area contributed by atoms with Crippen molar-refractivity contribution in [2.24, 2.45) is 14.1 Å². The molecule has 0 fully saturated rings. The van der Waals surface area contributed by atoms with Crippen LogP contribution in [0.15, 0.2) is 17.1 Å². The lowest BCUT2D eigenvalue weighted by atomic mass is 10.1. The molecule has 0 unspecified atom stereocenters. The number of H-pyrrole nitrogens is 1. The molecule has 0 aliphatic carbocycles. The fourth-order valence-corrected chi connectivity index (χ4v) is 2.20. The van der Waals surface area contributed by atoms with E-state index in [0.717, 1.165) is 29.8 Å². The molecule has 2 aromatic heterocycles. The van der Waals surface area contributed by atoms with Crippen molar-refractivity contribution in [2.75, 3.05) is 0 Å². The first-order chi connectivity index (χ1) is 8.08. The van der Waals surface area contributed by atoms with Gasteiger partial charge in [0.25, 0.3) is 5.56 Å². The molecule has 0 aromatic carbocycles. The Morgan fingerprint density at radius 3 is 2.47 bits per heavy atom. The molecule has 0 atom stereocenters. The summed E-state index contributed by atoms with van der Waals surface area (Å²) in [6, 6.07) is 2.10. The maximum Gasteiger partial charge on any atom is 0.275 e. The molecule has 17 heavy (non-hydrogen) atoms. The van der Waals surface area contributed by atoms with Crippen LogP contribution in [0.25, 0.3) is 11.3 Å². The summed E-state index contributed by atoms with van der Waals surface area (Å²) in [7, 11) is 3.75. The van der Waals surface area contributed by atoms with Crippen molar-refractivity contribution in [1.29, 1.82) is 0 Å². The van der Waals surface area contributed by atoms with Crippen LogP contribution < -0.4 is 5.56 Å². The molecule has 2 heterocycles. The number of nitrogens with zero attached hydrogens (tertiary/aromatic N) is 2. The van der Waals surface area contributed by atoms with Gasteiger partial charge in [0.1, 0.15) is 0 Å². The molecule has 2 rings (SSSR count). The number of hydrogen-bond donors (Lipinski definition) is 1. The van der Waals surface area contributed by atoms with Crippen molar-refractivity contribution < 1.29 is 0 Å². The topological polar surface area (TPSA) is 42.7 Å². The predicted octanol–water partition coefficient (Wildman–Crippen LogP) is 1.84. The number of nitrogens with one attached hydrogen (secondary N) is 1. The van der Waals surface area contributed by atoms with Gasteiger partial charge in [-0.25, -0.2) is 0 Å². The number of aromatic nitrogens is 3. The Bertz CT molecular complexity index is 586. The molecule has 4 nitrogen and oxygen atoms in total. The Morgan fingerprint density at radius 1 is 1.24 bits per heavy atom. The maximum absolute atomic E-state index is 12.1. The summed E-state index contributed by atoms with van der Waals surface area (Å²) in [6.45, 7) is 4.17. The zero-order chi connectivity index (χ0) is 12.6. The molecule has 0 bridgehead atoms. The van der Waals surface area contributed by atoms with Crippen molar-refractivity contribution in [2.45, 2.75) is 26.7 Å². The monoisotopic (exact) mass is 233 g/mol. The highest BCUT2D eigenvalue weighted by molar-refractivity contribution is 5.63. The summed E-state index contributed by atoms with van der Waals surface area (Å²) < 4.78 is 3.58. The normalized spacial score (nSPS) is 11.1. The van der Waals surface area contributed by atoms with Crippen molar-refractivity contribution in [1.82, 2.24) is 14.3 Å². The molecule has 0 spiro atoms. The summed E-state index contributed by atoms with van der Waals surface area (Å²) >= 11 is 0. The predicted molar refractivity (Wildman–Crippen MR) is 69.2 cm³/mol. The van der Waals surface area contributed by atoms with E-state index in [1.807, 2.05) is 11.6 Å². The van der Waals surface area contributed by atoms with E-state index in [1.54, 1.807) is 11.7 Å². The molecule has 2 aromatic rings. The minimum absolute atomic E-state index is 0.0469. The van der Waals surface area contributed by atoms with Gasteiger partial charge in [-0.2, -0.15) is 0 Å². The maximum atomic E-state index is 12.1. The van der Waals surface area contributed by atoms with Crippen LogP contribution in [0, 0.1) is 0 Å². The number of hydrogen-bond acceptors (Lipinski definition) is 1. The standard InChI is InChI=1S/C13H19N3O/c1-5-9-7-11(15(3)8-9)12-10(6-2)14-16(4)13(12)17/h7-8,14H,5-6H2,1-4H3. The molecule has 0 radical (unpaired) electrons. The lowest BCUT2D eigenvalue weighted by Crippen LogP contribution is -2.13. The molecular formula is C13H19N3O. The van der Waals surface area contributed by atoms with Crippen molar-refractivity contribution in [3.63, 3.8) is 0 Å². The van der Waals surface area contributed by atoms with Crippen molar-refractivity contribution in [3.05, 3.63) is 33.9 Å². The average Bonchev–Trinajstić information content (AvgIpc) is 2.81. The van der Waals surface area contributed by atoms with Gasteiger partial charge in [0, 0.05) is 26.0 Å². The van der Waals surface area contributed by atoms with Gasteiger partial charge >= 0.3 is 0 Å². The zero-order valence-corrected chi connectivity index (χ0v) is 10.9. The Kier molecular flexibility index (Phi) is 2.96. The minimum atomic E-state index is 0.0469. The summed E-state index contributed by atoms with van der Waals surface area (Å²) in [5, 5.41) is 3.11. The van der Waals surface area contributed by atoms with E-state index in [2.05, 4.69) is 31.2 Å². The Hall–Kier alpha value is -1.71. The number of rotatable bonds is 3. The largest absolute Gasteiger partial charge is 0.350 e. The van der Waals surface area contributed by atoms with E-state index < -0.39 is 0 Å². The molecule has 0 aliphatic heterocycles. The first-order valence-electron chi connectivity index (χ1n) is 6.01. The van der Waals surface area contributed by atoms with E-state index in [1.165, 1.54) is 5.56 Å². The molecule has 0 saturated carbocycles. The third-order valence-corrected chi connectivity index (χ3v) is 3.20. The highest BCUT2D eigenvalue weighted by Gasteiger charge is 2.16. The van der Waals surface area contributed by atoms with Gasteiger partial charge in [-0.05, 0) is 24.5 Å².